The first-order chi connectivity index (χ1) is 15.6. The fraction of sp³-hybridized carbons (Fsp3) is 0.348. The summed E-state index contributed by atoms with van der Waals surface area (Å²) in [5, 5.41) is 9.64. The zero-order valence-electron chi connectivity index (χ0n) is 18.0. The van der Waals surface area contributed by atoms with Crippen LogP contribution >= 0.6 is 0 Å². The van der Waals surface area contributed by atoms with Crippen LogP contribution in [0.4, 0.5) is 0 Å². The van der Waals surface area contributed by atoms with Gasteiger partial charge in [0.25, 0.3) is 5.56 Å². The molecule has 0 N–H and O–H groups in total. The number of para-hydroxylation sites is 1. The van der Waals surface area contributed by atoms with Crippen LogP contribution in [0.1, 0.15) is 18.4 Å². The maximum atomic E-state index is 12.9. The number of hydrogen-bond acceptors (Lipinski definition) is 5. The fourth-order valence-electron chi connectivity index (χ4n) is 4.47. The zero-order valence-corrected chi connectivity index (χ0v) is 18.0. The van der Waals surface area contributed by atoms with E-state index in [0.29, 0.717) is 37.8 Å². The summed E-state index contributed by atoms with van der Waals surface area (Å²) in [4.78, 5) is 31.1. The normalized spacial score (nSPS) is 14.8. The van der Waals surface area contributed by atoms with Gasteiger partial charge in [-0.3, -0.25) is 9.59 Å². The number of amides is 1. The molecule has 0 saturated carbocycles. The molecule has 164 valence electrons. The number of rotatable bonds is 5. The smallest absolute Gasteiger partial charge is 0.266 e. The molecule has 0 unspecified atom stereocenters. The van der Waals surface area contributed by atoms with Crippen LogP contribution < -0.4 is 5.56 Å². The molecule has 1 fully saturated rings. The van der Waals surface area contributed by atoms with Crippen LogP contribution in [-0.2, 0) is 24.8 Å². The van der Waals surface area contributed by atoms with E-state index in [9.17, 15) is 9.59 Å². The zero-order chi connectivity index (χ0) is 22.1. The van der Waals surface area contributed by atoms with Gasteiger partial charge in [-0.1, -0.05) is 18.2 Å². The van der Waals surface area contributed by atoms with E-state index in [0.717, 1.165) is 29.3 Å². The average Bonchev–Trinajstić information content (AvgIpc) is 3.45. The van der Waals surface area contributed by atoms with Crippen LogP contribution in [0.2, 0.25) is 0 Å². The van der Waals surface area contributed by atoms with E-state index >= 15 is 0 Å². The second kappa shape index (κ2) is 8.41. The summed E-state index contributed by atoms with van der Waals surface area (Å²) in [6.45, 7) is 1.93. The number of likely N-dealkylation sites (tertiary alicyclic amines) is 1. The summed E-state index contributed by atoms with van der Waals surface area (Å²) in [5.74, 6) is 1.01. The van der Waals surface area contributed by atoms with Crippen LogP contribution in [0, 0.1) is 5.92 Å². The molecule has 1 saturated heterocycles. The van der Waals surface area contributed by atoms with Crippen molar-refractivity contribution in [3.8, 4) is 5.82 Å². The lowest BCUT2D eigenvalue weighted by Gasteiger charge is -2.32. The Hall–Kier alpha value is -3.75. The van der Waals surface area contributed by atoms with Gasteiger partial charge in [-0.2, -0.15) is 5.10 Å². The topological polar surface area (TPSA) is 90.8 Å². The van der Waals surface area contributed by atoms with E-state index in [1.807, 2.05) is 24.1 Å². The molecular weight excluding hydrogens is 406 g/mol. The molecule has 1 aliphatic heterocycles. The van der Waals surface area contributed by atoms with Crippen LogP contribution in [0.5, 0.6) is 0 Å². The predicted octanol–water partition coefficient (Wildman–Crippen LogP) is 1.80. The monoisotopic (exact) mass is 431 g/mol. The van der Waals surface area contributed by atoms with Crippen molar-refractivity contribution in [1.82, 2.24) is 34.0 Å². The first kappa shape index (κ1) is 20.2. The molecule has 9 nitrogen and oxygen atoms in total. The first-order valence-electron chi connectivity index (χ1n) is 10.8. The van der Waals surface area contributed by atoms with Gasteiger partial charge in [0.1, 0.15) is 12.7 Å². The minimum Gasteiger partial charge on any atom is -0.350 e. The molecule has 0 atom stereocenters. The molecule has 9 heteroatoms. The number of carbonyl (C=O) groups is 1. The highest BCUT2D eigenvalue weighted by molar-refractivity contribution is 5.89. The van der Waals surface area contributed by atoms with Crippen molar-refractivity contribution in [2.75, 3.05) is 13.1 Å². The third-order valence-corrected chi connectivity index (χ3v) is 6.23. The third kappa shape index (κ3) is 3.93. The Bertz CT molecular complexity index is 1300. The van der Waals surface area contributed by atoms with Gasteiger partial charge in [-0.05, 0) is 36.5 Å². The lowest BCUT2D eigenvalue weighted by Crippen LogP contribution is -2.41. The van der Waals surface area contributed by atoms with Crippen LogP contribution in [-0.4, -0.2) is 53.0 Å². The van der Waals surface area contributed by atoms with Crippen LogP contribution in [0.15, 0.2) is 60.0 Å². The highest BCUT2D eigenvalue weighted by Gasteiger charge is 2.24. The highest BCUT2D eigenvalue weighted by atomic mass is 16.2. The molecule has 1 amide bonds. The number of carbonyl (C=O) groups excluding carboxylic acids is 1. The molecule has 1 aliphatic rings. The SMILES string of the molecule is Cn1cc(CC(=O)N2CCC(Cn3nc(-n4cncn4)ccc3=O)CC2)c2ccccc21. The maximum Gasteiger partial charge on any atom is 0.266 e. The average molecular weight is 432 g/mol. The predicted molar refractivity (Wildman–Crippen MR) is 119 cm³/mol. The molecule has 4 heterocycles. The standard InChI is InChI=1S/C23H25N7O2/c1-27-14-18(19-4-2-3-5-20(19)27)12-23(32)28-10-8-17(9-11-28)13-29-22(31)7-6-21(26-29)30-16-24-15-25-30/h2-7,14-17H,8-13H2,1H3. The number of hydrogen-bond donors (Lipinski definition) is 0. The molecule has 0 bridgehead atoms. The Morgan fingerprint density at radius 2 is 1.94 bits per heavy atom. The van der Waals surface area contributed by atoms with Gasteiger partial charge in [0.05, 0.1) is 6.42 Å². The summed E-state index contributed by atoms with van der Waals surface area (Å²) < 4.78 is 5.10. The van der Waals surface area contributed by atoms with Crippen molar-refractivity contribution in [1.29, 1.82) is 0 Å². The summed E-state index contributed by atoms with van der Waals surface area (Å²) in [5.41, 5.74) is 2.07. The molecule has 1 aromatic carbocycles. The Kier molecular flexibility index (Phi) is 5.30. The summed E-state index contributed by atoms with van der Waals surface area (Å²) in [6, 6.07) is 11.3. The minimum atomic E-state index is -0.136. The molecule has 0 aliphatic carbocycles. The second-order valence-corrected chi connectivity index (χ2v) is 8.34. The Balaban J connectivity index is 1.21. The number of piperidine rings is 1. The number of aromatic nitrogens is 6. The molecule has 4 aromatic rings. The van der Waals surface area contributed by atoms with E-state index in [4.69, 9.17) is 0 Å². The lowest BCUT2D eigenvalue weighted by atomic mass is 9.96. The third-order valence-electron chi connectivity index (χ3n) is 6.23. The van der Waals surface area contributed by atoms with Gasteiger partial charge in [0.15, 0.2) is 5.82 Å². The summed E-state index contributed by atoms with van der Waals surface area (Å²) >= 11 is 0. The Labute approximate surface area is 184 Å². The molecule has 0 spiro atoms. The number of fused-ring (bicyclic) bond motifs is 1. The van der Waals surface area contributed by atoms with Crippen molar-refractivity contribution in [3.63, 3.8) is 0 Å². The van der Waals surface area contributed by atoms with Gasteiger partial charge < -0.3 is 9.47 Å². The molecular formula is C23H25N7O2. The largest absolute Gasteiger partial charge is 0.350 e. The number of nitrogens with zero attached hydrogens (tertiary/aromatic N) is 7. The van der Waals surface area contributed by atoms with Crippen molar-refractivity contribution in [3.05, 3.63) is 71.2 Å². The number of benzene rings is 1. The minimum absolute atomic E-state index is 0.136. The quantitative estimate of drug-likeness (QED) is 0.481. The van der Waals surface area contributed by atoms with Crippen LogP contribution in [0.25, 0.3) is 16.7 Å². The number of aryl methyl sites for hydroxylation is 1. The van der Waals surface area contributed by atoms with Gasteiger partial charge in [-0.15, -0.1) is 5.10 Å². The van der Waals surface area contributed by atoms with Gasteiger partial charge in [-0.25, -0.2) is 14.3 Å². The highest BCUT2D eigenvalue weighted by Crippen LogP contribution is 2.23. The van der Waals surface area contributed by atoms with Crippen LogP contribution in [0.3, 0.4) is 0 Å². The van der Waals surface area contributed by atoms with E-state index in [-0.39, 0.29) is 11.5 Å². The van der Waals surface area contributed by atoms with Gasteiger partial charge in [0, 0.05) is 49.8 Å². The molecule has 5 rings (SSSR count). The van der Waals surface area contributed by atoms with E-state index < -0.39 is 0 Å². The van der Waals surface area contributed by atoms with E-state index in [1.165, 1.54) is 21.8 Å². The van der Waals surface area contributed by atoms with Crippen molar-refractivity contribution in [2.24, 2.45) is 13.0 Å². The lowest BCUT2D eigenvalue weighted by molar-refractivity contribution is -0.131. The summed E-state index contributed by atoms with van der Waals surface area (Å²) in [6.07, 6.45) is 7.15. The molecule has 3 aromatic heterocycles. The summed E-state index contributed by atoms with van der Waals surface area (Å²) in [7, 11) is 2.01. The fourth-order valence-corrected chi connectivity index (χ4v) is 4.47. The Morgan fingerprint density at radius 3 is 2.72 bits per heavy atom. The van der Waals surface area contributed by atoms with Crippen molar-refractivity contribution < 1.29 is 4.79 Å². The maximum absolute atomic E-state index is 12.9. The second-order valence-electron chi connectivity index (χ2n) is 8.34. The van der Waals surface area contributed by atoms with E-state index in [2.05, 4.69) is 38.1 Å². The van der Waals surface area contributed by atoms with Gasteiger partial charge >= 0.3 is 0 Å². The Morgan fingerprint density at radius 1 is 1.12 bits per heavy atom. The van der Waals surface area contributed by atoms with Gasteiger partial charge in [0.2, 0.25) is 5.91 Å². The molecule has 32 heavy (non-hydrogen) atoms. The van der Waals surface area contributed by atoms with Crippen molar-refractivity contribution >= 4 is 16.8 Å². The molecule has 0 radical (unpaired) electrons. The first-order valence-corrected chi connectivity index (χ1v) is 10.8. The van der Waals surface area contributed by atoms with E-state index in [1.54, 1.807) is 12.4 Å². The van der Waals surface area contributed by atoms with Crippen molar-refractivity contribution in [2.45, 2.75) is 25.8 Å².